The fraction of sp³-hybridized carbons (Fsp3) is 0.619. The molecule has 172 valence electrons. The summed E-state index contributed by atoms with van der Waals surface area (Å²) in [5.74, 6) is 1.54. The molecule has 0 saturated carbocycles. The highest BCUT2D eigenvalue weighted by Crippen LogP contribution is 2.21. The van der Waals surface area contributed by atoms with Crippen molar-refractivity contribution in [1.82, 2.24) is 20.9 Å². The number of nitrogens with zero attached hydrogens (tertiary/aromatic N) is 2. The van der Waals surface area contributed by atoms with Crippen LogP contribution in [0.3, 0.4) is 0 Å². The first-order chi connectivity index (χ1) is 13.7. The smallest absolute Gasteiger partial charge is 0.407 e. The fourth-order valence-corrected chi connectivity index (χ4v) is 2.57. The van der Waals surface area contributed by atoms with E-state index in [1.807, 2.05) is 53.9 Å². The second kappa shape index (κ2) is 14.3. The number of hydrogen-bond acceptors (Lipinski definition) is 5. The van der Waals surface area contributed by atoms with E-state index in [9.17, 15) is 4.79 Å². The van der Waals surface area contributed by atoms with Gasteiger partial charge in [0, 0.05) is 19.6 Å². The highest BCUT2D eigenvalue weighted by atomic mass is 127. The number of carbonyl (C=O) groups is 1. The molecule has 0 spiro atoms. The van der Waals surface area contributed by atoms with E-state index in [-0.39, 0.29) is 30.0 Å². The topological polar surface area (TPSA) is 87.2 Å². The fourth-order valence-electron chi connectivity index (χ4n) is 2.57. The van der Waals surface area contributed by atoms with Crippen LogP contribution in [0.5, 0.6) is 5.75 Å². The van der Waals surface area contributed by atoms with Crippen LogP contribution in [0.2, 0.25) is 0 Å². The van der Waals surface area contributed by atoms with Crippen molar-refractivity contribution in [1.29, 1.82) is 0 Å². The van der Waals surface area contributed by atoms with Gasteiger partial charge in [0.1, 0.15) is 11.4 Å². The summed E-state index contributed by atoms with van der Waals surface area (Å²) in [6.07, 6.45) is -0.423. The van der Waals surface area contributed by atoms with Crippen molar-refractivity contribution in [2.45, 2.75) is 39.3 Å². The number of aliphatic imine (C=N–C) groups is 1. The van der Waals surface area contributed by atoms with Crippen molar-refractivity contribution < 1.29 is 14.3 Å². The maximum atomic E-state index is 11.7. The number of likely N-dealkylation sites (N-methyl/N-ethyl adjacent to an activating group) is 1. The van der Waals surface area contributed by atoms with Crippen molar-refractivity contribution in [3.8, 4) is 5.75 Å². The van der Waals surface area contributed by atoms with Crippen LogP contribution in [-0.4, -0.2) is 69.9 Å². The van der Waals surface area contributed by atoms with Gasteiger partial charge >= 0.3 is 6.09 Å². The number of benzene rings is 1. The van der Waals surface area contributed by atoms with Crippen LogP contribution >= 0.6 is 24.0 Å². The Balaban J connectivity index is 0.00000841. The Labute approximate surface area is 198 Å². The first-order valence-corrected chi connectivity index (χ1v) is 9.95. The molecular formula is C21H38IN5O3. The normalized spacial score (nSPS) is 12.6. The number of nitrogens with one attached hydrogen (secondary N) is 3. The molecule has 1 unspecified atom stereocenters. The molecule has 0 bridgehead atoms. The summed E-state index contributed by atoms with van der Waals surface area (Å²) in [5.41, 5.74) is 0.665. The van der Waals surface area contributed by atoms with E-state index < -0.39 is 11.7 Å². The van der Waals surface area contributed by atoms with Crippen LogP contribution in [0.4, 0.5) is 4.79 Å². The number of methoxy groups -OCH3 is 1. The van der Waals surface area contributed by atoms with Gasteiger partial charge in [-0.05, 0) is 59.5 Å². The molecule has 0 aliphatic rings. The maximum Gasteiger partial charge on any atom is 0.407 e. The zero-order valence-electron chi connectivity index (χ0n) is 19.2. The van der Waals surface area contributed by atoms with E-state index in [0.717, 1.165) is 12.3 Å². The number of ether oxygens (including phenoxy) is 2. The number of halogens is 1. The second-order valence-corrected chi connectivity index (χ2v) is 7.83. The summed E-state index contributed by atoms with van der Waals surface area (Å²) in [6.45, 7) is 9.85. The summed E-state index contributed by atoms with van der Waals surface area (Å²) in [7, 11) is 5.74. The van der Waals surface area contributed by atoms with Crippen LogP contribution in [0.15, 0.2) is 29.3 Å². The van der Waals surface area contributed by atoms with Crippen molar-refractivity contribution in [3.05, 3.63) is 29.8 Å². The van der Waals surface area contributed by atoms with Crippen LogP contribution < -0.4 is 20.7 Å². The van der Waals surface area contributed by atoms with Crippen LogP contribution in [-0.2, 0) is 4.74 Å². The van der Waals surface area contributed by atoms with E-state index in [2.05, 4.69) is 33.0 Å². The molecule has 0 saturated heterocycles. The largest absolute Gasteiger partial charge is 0.497 e. The monoisotopic (exact) mass is 535 g/mol. The Morgan fingerprint density at radius 1 is 1.10 bits per heavy atom. The summed E-state index contributed by atoms with van der Waals surface area (Å²) in [5, 5.41) is 9.19. The number of guanidine groups is 1. The first kappa shape index (κ1) is 28.2. The van der Waals surface area contributed by atoms with Crippen molar-refractivity contribution in [2.24, 2.45) is 4.99 Å². The van der Waals surface area contributed by atoms with Crippen molar-refractivity contribution in [3.63, 3.8) is 0 Å². The predicted octanol–water partition coefficient (Wildman–Crippen LogP) is 3.00. The molecule has 1 atom stereocenters. The summed E-state index contributed by atoms with van der Waals surface area (Å²) in [4.78, 5) is 18.5. The molecular weight excluding hydrogens is 497 g/mol. The molecule has 1 aromatic carbocycles. The maximum absolute atomic E-state index is 11.7. The Morgan fingerprint density at radius 3 is 2.20 bits per heavy atom. The Kier molecular flexibility index (Phi) is 13.5. The highest BCUT2D eigenvalue weighted by Gasteiger charge is 2.16. The number of rotatable bonds is 9. The molecule has 30 heavy (non-hydrogen) atoms. The van der Waals surface area contributed by atoms with Gasteiger partial charge in [0.05, 0.1) is 19.7 Å². The van der Waals surface area contributed by atoms with Crippen molar-refractivity contribution in [2.75, 3.05) is 47.4 Å². The molecule has 3 N–H and O–H groups in total. The third kappa shape index (κ3) is 11.4. The molecule has 0 aliphatic heterocycles. The van der Waals surface area contributed by atoms with Gasteiger partial charge in [-0.15, -0.1) is 24.0 Å². The lowest BCUT2D eigenvalue weighted by atomic mass is 10.1. The molecule has 1 aromatic rings. The van der Waals surface area contributed by atoms with Crippen LogP contribution in [0, 0.1) is 0 Å². The molecule has 1 amide bonds. The summed E-state index contributed by atoms with van der Waals surface area (Å²) >= 11 is 0. The highest BCUT2D eigenvalue weighted by molar-refractivity contribution is 14.0. The minimum Gasteiger partial charge on any atom is -0.497 e. The second-order valence-electron chi connectivity index (χ2n) is 7.83. The average molecular weight is 535 g/mol. The lowest BCUT2D eigenvalue weighted by Crippen LogP contribution is -2.42. The summed E-state index contributed by atoms with van der Waals surface area (Å²) in [6, 6.07) is 8.17. The van der Waals surface area contributed by atoms with Gasteiger partial charge in [0.25, 0.3) is 0 Å². The molecule has 1 rings (SSSR count). The van der Waals surface area contributed by atoms with Gasteiger partial charge in [-0.3, -0.25) is 4.99 Å². The molecule has 0 aliphatic carbocycles. The minimum atomic E-state index is -0.503. The average Bonchev–Trinajstić information content (AvgIpc) is 2.64. The van der Waals surface area contributed by atoms with E-state index in [4.69, 9.17) is 14.5 Å². The molecule has 0 fully saturated rings. The number of carbonyl (C=O) groups excluding carboxylic acids is 1. The first-order valence-electron chi connectivity index (χ1n) is 9.95. The molecule has 0 aromatic heterocycles. The van der Waals surface area contributed by atoms with Crippen LogP contribution in [0.1, 0.15) is 39.3 Å². The van der Waals surface area contributed by atoms with Gasteiger partial charge in [-0.1, -0.05) is 12.1 Å². The molecule has 9 heteroatoms. The van der Waals surface area contributed by atoms with Gasteiger partial charge in [0.2, 0.25) is 0 Å². The van der Waals surface area contributed by atoms with E-state index in [0.29, 0.717) is 25.6 Å². The van der Waals surface area contributed by atoms with Crippen molar-refractivity contribution >= 4 is 36.0 Å². The van der Waals surface area contributed by atoms with E-state index >= 15 is 0 Å². The lowest BCUT2D eigenvalue weighted by molar-refractivity contribution is 0.0529. The zero-order valence-corrected chi connectivity index (χ0v) is 21.6. The molecule has 8 nitrogen and oxygen atoms in total. The standard InChI is InChI=1S/C21H37N5O3.HI/c1-8-22-19(23-13-14-24-20(27)29-21(2,3)4)25-15-18(26(5)6)16-9-11-17(28-7)12-10-16;/h9-12,18H,8,13-15H2,1-7H3,(H,24,27)(H2,22,23,25);1H. The quantitative estimate of drug-likeness (QED) is 0.195. The number of amides is 1. The SMILES string of the molecule is CCNC(=NCC(c1ccc(OC)cc1)N(C)C)NCCNC(=O)OC(C)(C)C.I. The van der Waals surface area contributed by atoms with Gasteiger partial charge < -0.3 is 30.3 Å². The third-order valence-electron chi connectivity index (χ3n) is 3.98. The van der Waals surface area contributed by atoms with E-state index in [1.54, 1.807) is 7.11 Å². The Hall–Kier alpha value is -1.75. The zero-order chi connectivity index (χ0) is 21.9. The molecule has 0 heterocycles. The minimum absolute atomic E-state index is 0. The molecule has 0 radical (unpaired) electrons. The van der Waals surface area contributed by atoms with Gasteiger partial charge in [-0.25, -0.2) is 4.79 Å². The van der Waals surface area contributed by atoms with Gasteiger partial charge in [-0.2, -0.15) is 0 Å². The van der Waals surface area contributed by atoms with E-state index in [1.165, 1.54) is 5.56 Å². The van der Waals surface area contributed by atoms with Crippen LogP contribution in [0.25, 0.3) is 0 Å². The van der Waals surface area contributed by atoms with Gasteiger partial charge in [0.15, 0.2) is 5.96 Å². The summed E-state index contributed by atoms with van der Waals surface area (Å²) < 4.78 is 10.5. The number of hydrogen-bond donors (Lipinski definition) is 3. The Bertz CT molecular complexity index is 645. The lowest BCUT2D eigenvalue weighted by Gasteiger charge is -2.24. The predicted molar refractivity (Wildman–Crippen MR) is 133 cm³/mol. The third-order valence-corrected chi connectivity index (χ3v) is 3.98. The number of alkyl carbamates (subject to hydrolysis) is 1. The Morgan fingerprint density at radius 2 is 1.70 bits per heavy atom.